The Bertz CT molecular complexity index is 751. The van der Waals surface area contributed by atoms with Crippen molar-refractivity contribution in [2.45, 2.75) is 38.1 Å². The van der Waals surface area contributed by atoms with Gasteiger partial charge in [-0.3, -0.25) is 9.59 Å². The summed E-state index contributed by atoms with van der Waals surface area (Å²) in [6.45, 7) is 7.58. The number of hydrogen-bond acceptors (Lipinski definition) is 7. The largest absolute Gasteiger partial charge is 0.465 e. The van der Waals surface area contributed by atoms with Gasteiger partial charge in [0.25, 0.3) is 5.56 Å². The molecule has 0 bridgehead atoms. The number of rotatable bonds is 4. The summed E-state index contributed by atoms with van der Waals surface area (Å²) in [5, 5.41) is 0.383. The van der Waals surface area contributed by atoms with Gasteiger partial charge in [0.1, 0.15) is 10.1 Å². The molecule has 6 nitrogen and oxygen atoms in total. The first-order valence-electron chi connectivity index (χ1n) is 6.47. The third-order valence-electron chi connectivity index (χ3n) is 3.10. The van der Waals surface area contributed by atoms with Gasteiger partial charge in [-0.25, -0.2) is 9.66 Å². The van der Waals surface area contributed by atoms with E-state index in [1.807, 2.05) is 13.8 Å². The summed E-state index contributed by atoms with van der Waals surface area (Å²) < 4.78 is 5.95. The lowest BCUT2D eigenvalue weighted by Gasteiger charge is -2.11. The van der Waals surface area contributed by atoms with E-state index in [2.05, 4.69) is 4.98 Å². The number of thiophene rings is 1. The van der Waals surface area contributed by atoms with Crippen molar-refractivity contribution in [2.24, 2.45) is 0 Å². The first-order chi connectivity index (χ1) is 9.86. The third kappa shape index (κ3) is 2.91. The molecule has 2 aromatic heterocycles. The van der Waals surface area contributed by atoms with Crippen molar-refractivity contribution in [2.75, 3.05) is 12.4 Å². The Balaban J connectivity index is 2.44. The van der Waals surface area contributed by atoms with Gasteiger partial charge in [0.15, 0.2) is 5.16 Å². The third-order valence-corrected chi connectivity index (χ3v) is 5.25. The number of nitrogen functional groups attached to an aromatic ring is 1. The topological polar surface area (TPSA) is 87.2 Å². The van der Waals surface area contributed by atoms with Crippen LogP contribution in [-0.4, -0.2) is 27.5 Å². The Morgan fingerprint density at radius 1 is 1.52 bits per heavy atom. The molecule has 2 heterocycles. The standard InChI is InChI=1S/C13H17N3O3S2/c1-5-19-12(18)8(4)21-13-15-10-9(11(17)16(13)14)6(2)7(3)20-10/h8H,5,14H2,1-4H3. The Hall–Kier alpha value is -1.54. The fraction of sp³-hybridized carbons (Fsp3) is 0.462. The molecule has 2 aromatic rings. The summed E-state index contributed by atoms with van der Waals surface area (Å²) in [4.78, 5) is 30.1. The number of aromatic nitrogens is 2. The quantitative estimate of drug-likeness (QED) is 0.399. The highest BCUT2D eigenvalue weighted by atomic mass is 32.2. The molecule has 0 spiro atoms. The lowest BCUT2D eigenvalue weighted by Crippen LogP contribution is -2.30. The van der Waals surface area contributed by atoms with Crippen molar-refractivity contribution < 1.29 is 9.53 Å². The number of nitrogens with two attached hydrogens (primary N) is 1. The maximum Gasteiger partial charge on any atom is 0.319 e. The van der Waals surface area contributed by atoms with Crippen LogP contribution in [0.1, 0.15) is 24.3 Å². The van der Waals surface area contributed by atoms with E-state index in [1.54, 1.807) is 13.8 Å². The van der Waals surface area contributed by atoms with Gasteiger partial charge >= 0.3 is 5.97 Å². The highest BCUT2D eigenvalue weighted by Crippen LogP contribution is 2.29. The van der Waals surface area contributed by atoms with Crippen molar-refractivity contribution in [3.05, 3.63) is 20.8 Å². The first-order valence-corrected chi connectivity index (χ1v) is 8.17. The zero-order valence-electron chi connectivity index (χ0n) is 12.3. The summed E-state index contributed by atoms with van der Waals surface area (Å²) in [5.74, 6) is 5.47. The Morgan fingerprint density at radius 3 is 2.81 bits per heavy atom. The number of ether oxygens (including phenoxy) is 1. The molecule has 1 atom stereocenters. The van der Waals surface area contributed by atoms with Crippen LogP contribution >= 0.6 is 23.1 Å². The molecular formula is C13H17N3O3S2. The minimum Gasteiger partial charge on any atom is -0.465 e. The van der Waals surface area contributed by atoms with E-state index in [-0.39, 0.29) is 11.5 Å². The second-order valence-electron chi connectivity index (χ2n) is 4.55. The number of fused-ring (bicyclic) bond motifs is 1. The summed E-state index contributed by atoms with van der Waals surface area (Å²) >= 11 is 2.57. The molecule has 2 N–H and O–H groups in total. The zero-order chi connectivity index (χ0) is 15.7. The van der Waals surface area contributed by atoms with E-state index in [9.17, 15) is 9.59 Å². The van der Waals surface area contributed by atoms with E-state index in [0.717, 1.165) is 26.9 Å². The molecule has 0 aromatic carbocycles. The average Bonchev–Trinajstić information content (AvgIpc) is 2.71. The molecule has 0 amide bonds. The summed E-state index contributed by atoms with van der Waals surface area (Å²) in [5.41, 5.74) is 0.613. The fourth-order valence-electron chi connectivity index (χ4n) is 1.84. The highest BCUT2D eigenvalue weighted by molar-refractivity contribution is 8.00. The molecule has 0 saturated carbocycles. The molecule has 0 radical (unpaired) electrons. The number of thioether (sulfide) groups is 1. The van der Waals surface area contributed by atoms with Crippen molar-refractivity contribution in [3.8, 4) is 0 Å². The highest BCUT2D eigenvalue weighted by Gasteiger charge is 2.21. The maximum absolute atomic E-state index is 12.3. The van der Waals surface area contributed by atoms with Crippen molar-refractivity contribution in [1.82, 2.24) is 9.66 Å². The molecule has 8 heteroatoms. The van der Waals surface area contributed by atoms with Crippen LogP contribution in [0, 0.1) is 13.8 Å². The average molecular weight is 327 g/mol. The second-order valence-corrected chi connectivity index (χ2v) is 7.06. The van der Waals surface area contributed by atoms with Gasteiger partial charge in [0.2, 0.25) is 0 Å². The van der Waals surface area contributed by atoms with Crippen LogP contribution in [0.5, 0.6) is 0 Å². The zero-order valence-corrected chi connectivity index (χ0v) is 13.9. The van der Waals surface area contributed by atoms with E-state index >= 15 is 0 Å². The first kappa shape index (κ1) is 15.8. The number of esters is 1. The molecule has 2 rings (SSSR count). The van der Waals surface area contributed by atoms with Crippen LogP contribution in [0.3, 0.4) is 0 Å². The molecule has 0 aliphatic carbocycles. The van der Waals surface area contributed by atoms with Crippen LogP contribution < -0.4 is 11.4 Å². The molecular weight excluding hydrogens is 310 g/mol. The van der Waals surface area contributed by atoms with Crippen LogP contribution in [-0.2, 0) is 9.53 Å². The number of carbonyl (C=O) groups is 1. The normalized spacial score (nSPS) is 12.6. The summed E-state index contributed by atoms with van der Waals surface area (Å²) in [6.07, 6.45) is 0. The van der Waals surface area contributed by atoms with Crippen LogP contribution in [0.15, 0.2) is 9.95 Å². The molecule has 0 fully saturated rings. The van der Waals surface area contributed by atoms with E-state index < -0.39 is 5.25 Å². The van der Waals surface area contributed by atoms with Crippen molar-refractivity contribution >= 4 is 39.3 Å². The molecule has 0 aliphatic rings. The molecule has 0 saturated heterocycles. The molecule has 0 aliphatic heterocycles. The minimum absolute atomic E-state index is 0.291. The van der Waals surface area contributed by atoms with Gasteiger partial charge < -0.3 is 10.6 Å². The number of nitrogens with zero attached hydrogens (tertiary/aromatic N) is 2. The van der Waals surface area contributed by atoms with Gasteiger partial charge in [0.05, 0.1) is 12.0 Å². The lowest BCUT2D eigenvalue weighted by molar-refractivity contribution is -0.142. The molecule has 1 unspecified atom stereocenters. The van der Waals surface area contributed by atoms with Crippen LogP contribution in [0.2, 0.25) is 0 Å². The number of carbonyl (C=O) groups excluding carboxylic acids is 1. The smallest absolute Gasteiger partial charge is 0.319 e. The van der Waals surface area contributed by atoms with Gasteiger partial charge in [-0.05, 0) is 33.3 Å². The number of hydrogen-bond donors (Lipinski definition) is 1. The lowest BCUT2D eigenvalue weighted by atomic mass is 10.2. The summed E-state index contributed by atoms with van der Waals surface area (Å²) in [6, 6.07) is 0. The van der Waals surface area contributed by atoms with Gasteiger partial charge in [-0.1, -0.05) is 11.8 Å². The van der Waals surface area contributed by atoms with E-state index in [1.165, 1.54) is 11.3 Å². The summed E-state index contributed by atoms with van der Waals surface area (Å²) in [7, 11) is 0. The predicted molar refractivity (Wildman–Crippen MR) is 85.5 cm³/mol. The van der Waals surface area contributed by atoms with Gasteiger partial charge in [-0.15, -0.1) is 11.3 Å². The Labute approximate surface area is 130 Å². The Morgan fingerprint density at radius 2 is 2.19 bits per heavy atom. The van der Waals surface area contributed by atoms with Crippen LogP contribution in [0.25, 0.3) is 10.2 Å². The number of aryl methyl sites for hydroxylation is 2. The molecule has 114 valence electrons. The Kier molecular flexibility index (Phi) is 4.58. The van der Waals surface area contributed by atoms with Crippen molar-refractivity contribution in [1.29, 1.82) is 0 Å². The second kappa shape index (κ2) is 6.07. The van der Waals surface area contributed by atoms with E-state index in [4.69, 9.17) is 10.6 Å². The van der Waals surface area contributed by atoms with Gasteiger partial charge in [0, 0.05) is 4.88 Å². The van der Waals surface area contributed by atoms with Crippen LogP contribution in [0.4, 0.5) is 0 Å². The molecule has 21 heavy (non-hydrogen) atoms. The minimum atomic E-state index is -0.480. The predicted octanol–water partition coefficient (Wildman–Crippen LogP) is 1.83. The fourth-order valence-corrected chi connectivity index (χ4v) is 3.74. The van der Waals surface area contributed by atoms with Gasteiger partial charge in [-0.2, -0.15) is 0 Å². The SMILES string of the molecule is CCOC(=O)C(C)Sc1nc2sc(C)c(C)c2c(=O)n1N. The van der Waals surface area contributed by atoms with E-state index in [0.29, 0.717) is 22.0 Å². The monoisotopic (exact) mass is 327 g/mol. The van der Waals surface area contributed by atoms with Crippen molar-refractivity contribution in [3.63, 3.8) is 0 Å². The maximum atomic E-state index is 12.3.